The number of amides is 2. The highest BCUT2D eigenvalue weighted by Crippen LogP contribution is 2.30. The van der Waals surface area contributed by atoms with Gasteiger partial charge in [0, 0.05) is 20.1 Å². The summed E-state index contributed by atoms with van der Waals surface area (Å²) in [7, 11) is 1.64. The van der Waals surface area contributed by atoms with Crippen molar-refractivity contribution in [3.05, 3.63) is 35.6 Å². The van der Waals surface area contributed by atoms with Crippen molar-refractivity contribution in [1.29, 1.82) is 0 Å². The molecule has 124 valence electrons. The highest BCUT2D eigenvalue weighted by Gasteiger charge is 2.42. The molecule has 2 heterocycles. The summed E-state index contributed by atoms with van der Waals surface area (Å²) in [6, 6.07) is 5.24. The molecule has 0 saturated carbocycles. The lowest BCUT2D eigenvalue weighted by molar-refractivity contribution is -0.169. The van der Waals surface area contributed by atoms with E-state index in [1.807, 2.05) is 0 Å². The number of carbonyl (C=O) groups is 2. The van der Waals surface area contributed by atoms with E-state index < -0.39 is 12.1 Å². The first-order valence-corrected chi connectivity index (χ1v) is 7.57. The van der Waals surface area contributed by atoms with E-state index in [0.29, 0.717) is 31.9 Å². The minimum absolute atomic E-state index is 0.130. The fourth-order valence-electron chi connectivity index (χ4n) is 2.94. The smallest absolute Gasteiger partial charge is 0.254 e. The second-order valence-corrected chi connectivity index (χ2v) is 5.67. The molecular weight excluding hydrogens is 303 g/mol. The zero-order valence-corrected chi connectivity index (χ0v) is 12.9. The first kappa shape index (κ1) is 15.9. The normalized spacial score (nSPS) is 25.6. The average Bonchev–Trinajstić information content (AvgIpc) is 2.58. The fraction of sp³-hybridized carbons (Fsp3) is 0.500. The van der Waals surface area contributed by atoms with E-state index in [1.54, 1.807) is 24.1 Å². The molecule has 0 N–H and O–H groups in total. The number of morpholine rings is 2. The lowest BCUT2D eigenvalue weighted by atomic mass is 9.97. The lowest BCUT2D eigenvalue weighted by Gasteiger charge is -2.40. The van der Waals surface area contributed by atoms with Gasteiger partial charge in [0.2, 0.25) is 5.91 Å². The van der Waals surface area contributed by atoms with Gasteiger partial charge in [-0.2, -0.15) is 0 Å². The molecule has 0 spiro atoms. The third kappa shape index (κ3) is 3.20. The molecule has 0 unspecified atom stereocenters. The number of nitrogens with zero attached hydrogens (tertiary/aromatic N) is 2. The van der Waals surface area contributed by atoms with Gasteiger partial charge in [-0.1, -0.05) is 12.1 Å². The van der Waals surface area contributed by atoms with Gasteiger partial charge < -0.3 is 19.3 Å². The van der Waals surface area contributed by atoms with Gasteiger partial charge in [0.1, 0.15) is 12.4 Å². The molecule has 23 heavy (non-hydrogen) atoms. The first-order chi connectivity index (χ1) is 11.1. The van der Waals surface area contributed by atoms with Crippen molar-refractivity contribution < 1.29 is 23.5 Å². The van der Waals surface area contributed by atoms with Gasteiger partial charge in [0.15, 0.2) is 6.10 Å². The zero-order chi connectivity index (χ0) is 16.4. The standard InChI is InChI=1S/C16H19FN2O4/c1-18-13(20)10-23-15(16(21)19-6-8-22-9-7-19)14(18)11-2-4-12(17)5-3-11/h2-5,14-15H,6-10H2,1H3/t14-,15+/m0/s1. The molecule has 2 amide bonds. The third-order valence-corrected chi connectivity index (χ3v) is 4.26. The largest absolute Gasteiger partial charge is 0.378 e. The molecule has 2 aliphatic heterocycles. The quantitative estimate of drug-likeness (QED) is 0.799. The zero-order valence-electron chi connectivity index (χ0n) is 12.9. The van der Waals surface area contributed by atoms with E-state index in [0.717, 1.165) is 0 Å². The summed E-state index contributed by atoms with van der Waals surface area (Å²) in [4.78, 5) is 27.9. The molecule has 2 aliphatic rings. The summed E-state index contributed by atoms with van der Waals surface area (Å²) in [5.74, 6) is -0.733. The summed E-state index contributed by atoms with van der Waals surface area (Å²) in [6.45, 7) is 1.87. The number of rotatable bonds is 2. The van der Waals surface area contributed by atoms with Crippen LogP contribution in [0.2, 0.25) is 0 Å². The van der Waals surface area contributed by atoms with Crippen LogP contribution in [0.15, 0.2) is 24.3 Å². The molecule has 0 aromatic heterocycles. The topological polar surface area (TPSA) is 59.1 Å². The van der Waals surface area contributed by atoms with Gasteiger partial charge >= 0.3 is 0 Å². The summed E-state index contributed by atoms with van der Waals surface area (Å²) >= 11 is 0. The average molecular weight is 322 g/mol. The Hall–Kier alpha value is -1.99. The number of ether oxygens (including phenoxy) is 2. The van der Waals surface area contributed by atoms with Crippen LogP contribution in [0.4, 0.5) is 4.39 Å². The number of hydrogen-bond donors (Lipinski definition) is 0. The maximum absolute atomic E-state index is 13.2. The van der Waals surface area contributed by atoms with Crippen LogP contribution < -0.4 is 0 Å². The minimum atomic E-state index is -0.790. The number of carbonyl (C=O) groups excluding carboxylic acids is 2. The highest BCUT2D eigenvalue weighted by atomic mass is 19.1. The summed E-state index contributed by atoms with van der Waals surface area (Å²) in [5, 5.41) is 0. The molecule has 2 fully saturated rings. The van der Waals surface area contributed by atoms with Crippen LogP contribution >= 0.6 is 0 Å². The minimum Gasteiger partial charge on any atom is -0.378 e. The molecule has 7 heteroatoms. The van der Waals surface area contributed by atoms with E-state index in [2.05, 4.69) is 0 Å². The number of benzene rings is 1. The van der Waals surface area contributed by atoms with Crippen molar-refractivity contribution >= 4 is 11.8 Å². The Morgan fingerprint density at radius 3 is 2.52 bits per heavy atom. The Morgan fingerprint density at radius 1 is 1.22 bits per heavy atom. The Balaban J connectivity index is 1.87. The predicted molar refractivity (Wildman–Crippen MR) is 79.1 cm³/mol. The van der Waals surface area contributed by atoms with Crippen LogP contribution in [0, 0.1) is 5.82 Å². The Bertz CT molecular complexity index is 586. The monoisotopic (exact) mass is 322 g/mol. The molecule has 2 saturated heterocycles. The number of likely N-dealkylation sites (N-methyl/N-ethyl adjacent to an activating group) is 1. The molecular formula is C16H19FN2O4. The molecule has 2 atom stereocenters. The van der Waals surface area contributed by atoms with Gasteiger partial charge in [0.25, 0.3) is 5.91 Å². The summed E-state index contributed by atoms with van der Waals surface area (Å²) in [6.07, 6.45) is -0.790. The second kappa shape index (κ2) is 6.64. The van der Waals surface area contributed by atoms with Crippen molar-refractivity contribution in [1.82, 2.24) is 9.80 Å². The Labute approximate surface area is 133 Å². The Morgan fingerprint density at radius 2 is 1.87 bits per heavy atom. The van der Waals surface area contributed by atoms with Crippen LogP contribution in [0.25, 0.3) is 0 Å². The van der Waals surface area contributed by atoms with Gasteiger partial charge in [-0.15, -0.1) is 0 Å². The van der Waals surface area contributed by atoms with Crippen LogP contribution in [-0.2, 0) is 19.1 Å². The predicted octanol–water partition coefficient (Wildman–Crippen LogP) is 0.583. The number of hydrogen-bond acceptors (Lipinski definition) is 4. The lowest BCUT2D eigenvalue weighted by Crippen LogP contribution is -2.55. The van der Waals surface area contributed by atoms with Crippen LogP contribution in [0.5, 0.6) is 0 Å². The molecule has 1 aromatic rings. The van der Waals surface area contributed by atoms with Crippen LogP contribution in [0.3, 0.4) is 0 Å². The van der Waals surface area contributed by atoms with E-state index in [9.17, 15) is 14.0 Å². The molecule has 1 aromatic carbocycles. The van der Waals surface area contributed by atoms with Gasteiger partial charge in [0.05, 0.1) is 19.3 Å². The number of halogens is 1. The van der Waals surface area contributed by atoms with Crippen LogP contribution in [-0.4, -0.2) is 67.7 Å². The second-order valence-electron chi connectivity index (χ2n) is 5.67. The summed E-state index contributed by atoms with van der Waals surface area (Å²) < 4.78 is 24.0. The van der Waals surface area contributed by atoms with Crippen molar-refractivity contribution in [2.75, 3.05) is 40.0 Å². The van der Waals surface area contributed by atoms with E-state index in [1.165, 1.54) is 17.0 Å². The molecule has 0 radical (unpaired) electrons. The van der Waals surface area contributed by atoms with Crippen molar-refractivity contribution in [2.24, 2.45) is 0 Å². The molecule has 0 aliphatic carbocycles. The fourth-order valence-corrected chi connectivity index (χ4v) is 2.94. The highest BCUT2D eigenvalue weighted by molar-refractivity contribution is 5.86. The van der Waals surface area contributed by atoms with Gasteiger partial charge in [-0.25, -0.2) is 4.39 Å². The molecule has 0 bridgehead atoms. The van der Waals surface area contributed by atoms with E-state index in [-0.39, 0.29) is 24.2 Å². The maximum Gasteiger partial charge on any atom is 0.254 e. The maximum atomic E-state index is 13.2. The first-order valence-electron chi connectivity index (χ1n) is 7.57. The van der Waals surface area contributed by atoms with Crippen LogP contribution in [0.1, 0.15) is 11.6 Å². The van der Waals surface area contributed by atoms with Crippen molar-refractivity contribution in [3.63, 3.8) is 0 Å². The molecule has 3 rings (SSSR count). The third-order valence-electron chi connectivity index (χ3n) is 4.26. The van der Waals surface area contributed by atoms with Crippen molar-refractivity contribution in [2.45, 2.75) is 12.1 Å². The van der Waals surface area contributed by atoms with E-state index >= 15 is 0 Å². The van der Waals surface area contributed by atoms with Gasteiger partial charge in [-0.3, -0.25) is 9.59 Å². The molecule has 6 nitrogen and oxygen atoms in total. The van der Waals surface area contributed by atoms with E-state index in [4.69, 9.17) is 9.47 Å². The van der Waals surface area contributed by atoms with Gasteiger partial charge in [-0.05, 0) is 17.7 Å². The summed E-state index contributed by atoms with van der Waals surface area (Å²) in [5.41, 5.74) is 0.675. The SMILES string of the molecule is CN1C(=O)CO[C@@H](C(=O)N2CCOCC2)[C@@H]1c1ccc(F)cc1. The van der Waals surface area contributed by atoms with Crippen molar-refractivity contribution in [3.8, 4) is 0 Å². The Kier molecular flexibility index (Phi) is 4.58.